The van der Waals surface area contributed by atoms with E-state index < -0.39 is 0 Å². The fourth-order valence-electron chi connectivity index (χ4n) is 8.29. The minimum absolute atomic E-state index is 0.521. The zero-order chi connectivity index (χ0) is 31.8. The summed E-state index contributed by atoms with van der Waals surface area (Å²) in [7, 11) is 0. The standard InChI is InChI=1S/C44H23N3O2/c1-2-9-24(10-3-1)26-12-6-13-27(23-26)41-43(45-42-30-14-4-5-17-33(30)49-44(42)46-41)47-31-20-19-25-11-7-15-28-29-16-8-18-34-37(29)40-35(48-34)22-21-32(47)39(40)38(31)36(25)28/h1-23H. The lowest BCUT2D eigenvalue weighted by molar-refractivity contribution is 0.653. The molecule has 4 aromatic heterocycles. The van der Waals surface area contributed by atoms with E-state index >= 15 is 0 Å². The van der Waals surface area contributed by atoms with Crippen LogP contribution >= 0.6 is 0 Å². The largest absolute Gasteiger partial charge is 0.456 e. The molecule has 0 bridgehead atoms. The number of fused-ring (bicyclic) bond motifs is 4. The van der Waals surface area contributed by atoms with Crippen molar-refractivity contribution in [2.45, 2.75) is 0 Å². The number of nitrogens with zero attached hydrogens (tertiary/aromatic N) is 3. The van der Waals surface area contributed by atoms with Gasteiger partial charge in [0.15, 0.2) is 5.82 Å². The van der Waals surface area contributed by atoms with Crippen LogP contribution in [0.4, 0.5) is 0 Å². The maximum absolute atomic E-state index is 6.52. The second-order valence-corrected chi connectivity index (χ2v) is 12.9. The minimum Gasteiger partial charge on any atom is -0.456 e. The summed E-state index contributed by atoms with van der Waals surface area (Å²) in [5.41, 5.74) is 12.3. The molecule has 7 aromatic carbocycles. The van der Waals surface area contributed by atoms with E-state index in [1.807, 2.05) is 24.3 Å². The number of furan rings is 2. The summed E-state index contributed by atoms with van der Waals surface area (Å²) in [6, 6.07) is 48.9. The molecule has 0 unspecified atom stereocenters. The number of hydrogen-bond donors (Lipinski definition) is 0. The molecule has 1 aliphatic carbocycles. The highest BCUT2D eigenvalue weighted by atomic mass is 16.3. The van der Waals surface area contributed by atoms with Gasteiger partial charge in [0.05, 0.1) is 11.0 Å². The molecule has 0 aliphatic heterocycles. The van der Waals surface area contributed by atoms with Crippen molar-refractivity contribution in [3.05, 3.63) is 140 Å². The molecule has 0 amide bonds. The third-order valence-electron chi connectivity index (χ3n) is 10.3. The van der Waals surface area contributed by atoms with Crippen LogP contribution in [0.15, 0.2) is 148 Å². The van der Waals surface area contributed by atoms with Gasteiger partial charge in [-0.15, -0.1) is 0 Å². The molecule has 0 fully saturated rings. The van der Waals surface area contributed by atoms with Crippen molar-refractivity contribution in [3.63, 3.8) is 0 Å². The number of aromatic nitrogens is 3. The van der Waals surface area contributed by atoms with Crippen LogP contribution in [0.2, 0.25) is 0 Å². The lowest BCUT2D eigenvalue weighted by Gasteiger charge is -2.14. The number of hydrogen-bond acceptors (Lipinski definition) is 4. The first kappa shape index (κ1) is 25.4. The van der Waals surface area contributed by atoms with Gasteiger partial charge in [-0.25, -0.2) is 9.97 Å². The van der Waals surface area contributed by atoms with Crippen LogP contribution in [0.3, 0.4) is 0 Å². The Bertz CT molecular complexity index is 3220. The van der Waals surface area contributed by atoms with Crippen LogP contribution in [0, 0.1) is 0 Å². The summed E-state index contributed by atoms with van der Waals surface area (Å²) in [6.45, 7) is 0. The number of para-hydroxylation sites is 1. The molecule has 226 valence electrons. The molecule has 0 atom stereocenters. The van der Waals surface area contributed by atoms with Crippen molar-refractivity contribution in [1.29, 1.82) is 0 Å². The first-order chi connectivity index (χ1) is 24.3. The Hall–Kier alpha value is -6.72. The second kappa shape index (κ2) is 9.00. The van der Waals surface area contributed by atoms with Gasteiger partial charge in [-0.05, 0) is 75.5 Å². The van der Waals surface area contributed by atoms with E-state index in [0.29, 0.717) is 5.71 Å². The number of benzene rings is 7. The van der Waals surface area contributed by atoms with Gasteiger partial charge in [-0.2, -0.15) is 0 Å². The third kappa shape index (κ3) is 3.24. The Morgan fingerprint density at radius 2 is 1.14 bits per heavy atom. The molecule has 0 saturated carbocycles. The first-order valence-corrected chi connectivity index (χ1v) is 16.5. The normalized spacial score (nSPS) is 12.5. The van der Waals surface area contributed by atoms with Gasteiger partial charge in [-0.3, -0.25) is 4.57 Å². The van der Waals surface area contributed by atoms with Crippen LogP contribution in [-0.4, -0.2) is 14.5 Å². The van der Waals surface area contributed by atoms with Crippen LogP contribution in [0.1, 0.15) is 0 Å². The highest BCUT2D eigenvalue weighted by Gasteiger charge is 2.28. The summed E-state index contributed by atoms with van der Waals surface area (Å²) in [4.78, 5) is 10.8. The molecular weight excluding hydrogens is 603 g/mol. The molecule has 0 N–H and O–H groups in total. The van der Waals surface area contributed by atoms with Crippen molar-refractivity contribution in [1.82, 2.24) is 14.5 Å². The molecular formula is C44H23N3O2. The molecule has 49 heavy (non-hydrogen) atoms. The van der Waals surface area contributed by atoms with Crippen molar-refractivity contribution in [2.24, 2.45) is 0 Å². The number of rotatable bonds is 3. The van der Waals surface area contributed by atoms with E-state index in [1.165, 1.54) is 32.7 Å². The van der Waals surface area contributed by atoms with Crippen molar-refractivity contribution in [3.8, 4) is 39.3 Å². The average Bonchev–Trinajstić information content (AvgIpc) is 3.80. The highest BCUT2D eigenvalue weighted by Crippen LogP contribution is 2.51. The smallest absolute Gasteiger partial charge is 0.247 e. The zero-order valence-corrected chi connectivity index (χ0v) is 25.9. The predicted molar refractivity (Wildman–Crippen MR) is 198 cm³/mol. The zero-order valence-electron chi connectivity index (χ0n) is 25.9. The van der Waals surface area contributed by atoms with Crippen LogP contribution in [-0.2, 0) is 0 Å². The van der Waals surface area contributed by atoms with Gasteiger partial charge in [0.1, 0.15) is 28.0 Å². The van der Waals surface area contributed by atoms with Crippen LogP contribution < -0.4 is 0 Å². The molecule has 0 spiro atoms. The quantitative estimate of drug-likeness (QED) is 0.196. The fraction of sp³-hybridized carbons (Fsp3) is 0. The van der Waals surface area contributed by atoms with Gasteiger partial charge >= 0.3 is 0 Å². The Morgan fingerprint density at radius 3 is 2.06 bits per heavy atom. The van der Waals surface area contributed by atoms with E-state index in [0.717, 1.165) is 77.7 Å². The second-order valence-electron chi connectivity index (χ2n) is 12.9. The van der Waals surface area contributed by atoms with Crippen LogP contribution in [0.25, 0.3) is 116 Å². The van der Waals surface area contributed by atoms with Crippen molar-refractivity contribution < 1.29 is 8.83 Å². The summed E-state index contributed by atoms with van der Waals surface area (Å²) in [5.74, 6) is 0.758. The molecule has 11 aromatic rings. The van der Waals surface area contributed by atoms with Gasteiger partial charge in [0.25, 0.3) is 0 Å². The molecule has 1 aliphatic rings. The molecule has 5 nitrogen and oxygen atoms in total. The Balaban J connectivity index is 1.28. The Kier molecular flexibility index (Phi) is 4.66. The summed E-state index contributed by atoms with van der Waals surface area (Å²) in [6.07, 6.45) is 0. The molecule has 4 heterocycles. The van der Waals surface area contributed by atoms with Crippen molar-refractivity contribution >= 4 is 76.7 Å². The van der Waals surface area contributed by atoms with E-state index in [4.69, 9.17) is 18.8 Å². The first-order valence-electron chi connectivity index (χ1n) is 16.5. The van der Waals surface area contributed by atoms with Crippen LogP contribution in [0.5, 0.6) is 0 Å². The molecule has 0 radical (unpaired) electrons. The minimum atomic E-state index is 0.521. The lowest BCUT2D eigenvalue weighted by atomic mass is 9.95. The summed E-state index contributed by atoms with van der Waals surface area (Å²) in [5, 5.41) is 8.08. The Morgan fingerprint density at radius 1 is 0.449 bits per heavy atom. The van der Waals surface area contributed by atoms with Gasteiger partial charge in [-0.1, -0.05) is 97.1 Å². The summed E-state index contributed by atoms with van der Waals surface area (Å²) < 4.78 is 15.2. The maximum Gasteiger partial charge on any atom is 0.247 e. The van der Waals surface area contributed by atoms with E-state index in [-0.39, 0.29) is 0 Å². The van der Waals surface area contributed by atoms with E-state index in [1.54, 1.807) is 0 Å². The molecule has 12 rings (SSSR count). The Labute approximate surface area is 278 Å². The monoisotopic (exact) mass is 625 g/mol. The molecule has 0 saturated heterocycles. The van der Waals surface area contributed by atoms with E-state index in [2.05, 4.69) is 120 Å². The van der Waals surface area contributed by atoms with Gasteiger partial charge in [0, 0.05) is 32.5 Å². The van der Waals surface area contributed by atoms with Gasteiger partial charge in [0.2, 0.25) is 5.71 Å². The fourth-order valence-corrected chi connectivity index (χ4v) is 8.29. The predicted octanol–water partition coefficient (Wildman–Crippen LogP) is 11.8. The van der Waals surface area contributed by atoms with Crippen molar-refractivity contribution in [2.75, 3.05) is 0 Å². The SMILES string of the molecule is c1ccc(-c2cccc(-c3nc4oc5ccccc5c4nc3-n3c4ccc5cccc6c5c4c4c5c(ccc43)oc3cccc-6c35)c2)cc1. The average molecular weight is 626 g/mol. The van der Waals surface area contributed by atoms with Gasteiger partial charge < -0.3 is 8.83 Å². The third-order valence-corrected chi connectivity index (χ3v) is 10.3. The highest BCUT2D eigenvalue weighted by molar-refractivity contribution is 6.38. The van der Waals surface area contributed by atoms with E-state index in [9.17, 15) is 0 Å². The molecule has 5 heteroatoms. The topological polar surface area (TPSA) is 57.0 Å². The maximum atomic E-state index is 6.52. The lowest BCUT2D eigenvalue weighted by Crippen LogP contribution is -2.03. The summed E-state index contributed by atoms with van der Waals surface area (Å²) >= 11 is 0.